The Labute approximate surface area is 118 Å². The Morgan fingerprint density at radius 2 is 1.95 bits per heavy atom. The molecule has 0 unspecified atom stereocenters. The zero-order chi connectivity index (χ0) is 14.5. The minimum absolute atomic E-state index is 0.123. The van der Waals surface area contributed by atoms with E-state index in [1.165, 1.54) is 11.1 Å². The van der Waals surface area contributed by atoms with Crippen molar-refractivity contribution in [3.63, 3.8) is 0 Å². The molecule has 0 saturated carbocycles. The first-order valence-electron chi connectivity index (χ1n) is 6.48. The van der Waals surface area contributed by atoms with E-state index in [1.807, 2.05) is 24.3 Å². The third kappa shape index (κ3) is 3.29. The van der Waals surface area contributed by atoms with Gasteiger partial charge in [-0.3, -0.25) is 0 Å². The second-order valence-corrected chi connectivity index (χ2v) is 4.84. The van der Waals surface area contributed by atoms with Gasteiger partial charge in [0.05, 0.1) is 0 Å². The van der Waals surface area contributed by atoms with Crippen LogP contribution in [0.15, 0.2) is 47.6 Å². The van der Waals surface area contributed by atoms with E-state index in [4.69, 9.17) is 10.9 Å². The number of hydrogen-bond acceptors (Lipinski definition) is 3. The molecule has 0 spiro atoms. The van der Waals surface area contributed by atoms with Crippen LogP contribution in [0.25, 0.3) is 0 Å². The van der Waals surface area contributed by atoms with Crippen molar-refractivity contribution in [3.05, 3.63) is 64.7 Å². The molecule has 2 aromatic carbocycles. The minimum atomic E-state index is 0.123. The number of nitrogens with one attached hydrogen (secondary N) is 1. The average molecular weight is 269 g/mol. The van der Waals surface area contributed by atoms with E-state index in [2.05, 4.69) is 42.5 Å². The first-order chi connectivity index (χ1) is 9.60. The lowest BCUT2D eigenvalue weighted by Gasteiger charge is -2.09. The van der Waals surface area contributed by atoms with Crippen molar-refractivity contribution in [3.8, 4) is 0 Å². The van der Waals surface area contributed by atoms with E-state index in [1.54, 1.807) is 0 Å². The number of aryl methyl sites for hydroxylation is 2. The molecule has 4 heteroatoms. The van der Waals surface area contributed by atoms with Crippen molar-refractivity contribution in [1.29, 1.82) is 0 Å². The molecule has 0 radical (unpaired) electrons. The first kappa shape index (κ1) is 13.9. The van der Waals surface area contributed by atoms with E-state index in [9.17, 15) is 0 Å². The fourth-order valence-electron chi connectivity index (χ4n) is 1.95. The molecule has 0 aliphatic rings. The van der Waals surface area contributed by atoms with Crippen molar-refractivity contribution >= 4 is 11.5 Å². The summed E-state index contributed by atoms with van der Waals surface area (Å²) in [6.07, 6.45) is 0. The minimum Gasteiger partial charge on any atom is -0.409 e. The van der Waals surface area contributed by atoms with Crippen LogP contribution < -0.4 is 11.1 Å². The Hall–Kier alpha value is -2.49. The predicted molar refractivity (Wildman–Crippen MR) is 82.2 cm³/mol. The van der Waals surface area contributed by atoms with Gasteiger partial charge in [0, 0.05) is 17.8 Å². The molecular weight excluding hydrogens is 250 g/mol. The van der Waals surface area contributed by atoms with Gasteiger partial charge in [0.15, 0.2) is 5.84 Å². The highest BCUT2D eigenvalue weighted by Gasteiger charge is 2.01. The van der Waals surface area contributed by atoms with Gasteiger partial charge in [-0.2, -0.15) is 0 Å². The lowest BCUT2D eigenvalue weighted by atomic mass is 10.1. The van der Waals surface area contributed by atoms with Gasteiger partial charge in [-0.05, 0) is 48.7 Å². The Morgan fingerprint density at radius 1 is 1.15 bits per heavy atom. The van der Waals surface area contributed by atoms with Crippen molar-refractivity contribution in [2.24, 2.45) is 10.9 Å². The average Bonchev–Trinajstić information content (AvgIpc) is 2.48. The highest BCUT2D eigenvalue weighted by molar-refractivity contribution is 5.97. The predicted octanol–water partition coefficient (Wildman–Crippen LogP) is 3.01. The standard InChI is InChI=1S/C16H19N3O/c1-11-6-7-15(8-12(11)2)18-10-13-4-3-5-14(9-13)16(17)19-20/h3-9,18,20H,10H2,1-2H3,(H2,17,19). The highest BCUT2D eigenvalue weighted by atomic mass is 16.4. The molecule has 0 aromatic heterocycles. The molecule has 0 fully saturated rings. The van der Waals surface area contributed by atoms with Crippen molar-refractivity contribution in [1.82, 2.24) is 0 Å². The molecular formula is C16H19N3O. The topological polar surface area (TPSA) is 70.6 Å². The van der Waals surface area contributed by atoms with E-state index < -0.39 is 0 Å². The maximum atomic E-state index is 8.69. The molecule has 2 rings (SSSR count). The van der Waals surface area contributed by atoms with Gasteiger partial charge in [0.25, 0.3) is 0 Å². The van der Waals surface area contributed by atoms with Crippen LogP contribution in [-0.2, 0) is 6.54 Å². The zero-order valence-corrected chi connectivity index (χ0v) is 11.7. The lowest BCUT2D eigenvalue weighted by Crippen LogP contribution is -2.13. The van der Waals surface area contributed by atoms with Crippen LogP contribution in [0.1, 0.15) is 22.3 Å². The number of benzene rings is 2. The molecule has 0 aliphatic carbocycles. The van der Waals surface area contributed by atoms with E-state index in [-0.39, 0.29) is 5.84 Å². The monoisotopic (exact) mass is 269 g/mol. The fourth-order valence-corrected chi connectivity index (χ4v) is 1.95. The van der Waals surface area contributed by atoms with Crippen molar-refractivity contribution < 1.29 is 5.21 Å². The largest absolute Gasteiger partial charge is 0.409 e. The van der Waals surface area contributed by atoms with Crippen LogP contribution in [0.5, 0.6) is 0 Å². The van der Waals surface area contributed by atoms with Gasteiger partial charge in [-0.25, -0.2) is 0 Å². The fraction of sp³-hybridized carbons (Fsp3) is 0.188. The summed E-state index contributed by atoms with van der Waals surface area (Å²) in [5.41, 5.74) is 11.0. The molecule has 4 nitrogen and oxygen atoms in total. The first-order valence-corrected chi connectivity index (χ1v) is 6.48. The Morgan fingerprint density at radius 3 is 2.65 bits per heavy atom. The number of oxime groups is 1. The summed E-state index contributed by atoms with van der Waals surface area (Å²) in [4.78, 5) is 0. The zero-order valence-electron chi connectivity index (χ0n) is 11.7. The molecule has 0 bridgehead atoms. The van der Waals surface area contributed by atoms with Gasteiger partial charge >= 0.3 is 0 Å². The number of nitrogens with zero attached hydrogens (tertiary/aromatic N) is 1. The number of hydrogen-bond donors (Lipinski definition) is 3. The van der Waals surface area contributed by atoms with E-state index >= 15 is 0 Å². The summed E-state index contributed by atoms with van der Waals surface area (Å²) >= 11 is 0. The molecule has 4 N–H and O–H groups in total. The molecule has 0 saturated heterocycles. The van der Waals surface area contributed by atoms with Crippen molar-refractivity contribution in [2.75, 3.05) is 5.32 Å². The van der Waals surface area contributed by atoms with Gasteiger partial charge in [-0.1, -0.05) is 29.4 Å². The van der Waals surface area contributed by atoms with Crippen molar-refractivity contribution in [2.45, 2.75) is 20.4 Å². The number of rotatable bonds is 4. The second-order valence-electron chi connectivity index (χ2n) is 4.84. The van der Waals surface area contributed by atoms with Gasteiger partial charge < -0.3 is 16.3 Å². The molecule has 20 heavy (non-hydrogen) atoms. The van der Waals surface area contributed by atoms with E-state index in [0.29, 0.717) is 12.1 Å². The third-order valence-electron chi connectivity index (χ3n) is 3.33. The summed E-state index contributed by atoms with van der Waals surface area (Å²) < 4.78 is 0. The van der Waals surface area contributed by atoms with Gasteiger partial charge in [0.2, 0.25) is 0 Å². The number of nitrogens with two attached hydrogens (primary N) is 1. The normalized spacial score (nSPS) is 11.4. The maximum Gasteiger partial charge on any atom is 0.170 e. The molecule has 0 atom stereocenters. The second kappa shape index (κ2) is 6.10. The Bertz CT molecular complexity index is 635. The maximum absolute atomic E-state index is 8.69. The number of anilines is 1. The lowest BCUT2D eigenvalue weighted by molar-refractivity contribution is 0.318. The SMILES string of the molecule is Cc1ccc(NCc2cccc(C(N)=NO)c2)cc1C. The summed E-state index contributed by atoms with van der Waals surface area (Å²) in [6, 6.07) is 13.9. The smallest absolute Gasteiger partial charge is 0.170 e. The van der Waals surface area contributed by atoms with Crippen LogP contribution in [0.4, 0.5) is 5.69 Å². The van der Waals surface area contributed by atoms with Crippen LogP contribution >= 0.6 is 0 Å². The Balaban J connectivity index is 2.09. The quantitative estimate of drug-likeness (QED) is 0.346. The number of amidine groups is 1. The highest BCUT2D eigenvalue weighted by Crippen LogP contribution is 2.15. The summed E-state index contributed by atoms with van der Waals surface area (Å²) in [6.45, 7) is 4.88. The van der Waals surface area contributed by atoms with Gasteiger partial charge in [-0.15, -0.1) is 0 Å². The van der Waals surface area contributed by atoms with Crippen LogP contribution in [0, 0.1) is 13.8 Å². The van der Waals surface area contributed by atoms with Crippen LogP contribution in [0.3, 0.4) is 0 Å². The van der Waals surface area contributed by atoms with Gasteiger partial charge in [0.1, 0.15) is 0 Å². The van der Waals surface area contributed by atoms with Crippen LogP contribution in [-0.4, -0.2) is 11.0 Å². The van der Waals surface area contributed by atoms with E-state index in [0.717, 1.165) is 11.3 Å². The molecule has 0 aliphatic heterocycles. The third-order valence-corrected chi connectivity index (χ3v) is 3.33. The molecule has 104 valence electrons. The summed E-state index contributed by atoms with van der Waals surface area (Å²) in [5, 5.41) is 15.1. The summed E-state index contributed by atoms with van der Waals surface area (Å²) in [7, 11) is 0. The molecule has 0 amide bonds. The Kier molecular flexibility index (Phi) is 4.25. The summed E-state index contributed by atoms with van der Waals surface area (Å²) in [5.74, 6) is 0.123. The molecule has 0 heterocycles. The van der Waals surface area contributed by atoms with Crippen LogP contribution in [0.2, 0.25) is 0 Å². The molecule has 2 aromatic rings.